The van der Waals surface area contributed by atoms with Crippen molar-refractivity contribution >= 4 is 5.97 Å². The van der Waals surface area contributed by atoms with Crippen molar-refractivity contribution in [3.05, 3.63) is 35.4 Å². The zero-order chi connectivity index (χ0) is 15.2. The number of hydrogen-bond acceptors (Lipinski definition) is 3. The number of hydrogen-bond donors (Lipinski definition) is 2. The SMILES string of the molecule is CC(C(=O)O)c1ccc(CNCC(C)N2CCCC2)cc1. The van der Waals surface area contributed by atoms with Gasteiger partial charge >= 0.3 is 5.97 Å². The lowest BCUT2D eigenvalue weighted by molar-refractivity contribution is -0.138. The number of carboxylic acids is 1. The lowest BCUT2D eigenvalue weighted by atomic mass is 10.00. The Labute approximate surface area is 127 Å². The minimum atomic E-state index is -0.777. The second-order valence-electron chi connectivity index (χ2n) is 6.02. The molecule has 1 saturated heterocycles. The largest absolute Gasteiger partial charge is 0.481 e. The summed E-state index contributed by atoms with van der Waals surface area (Å²) in [6, 6.07) is 8.45. The highest BCUT2D eigenvalue weighted by atomic mass is 16.4. The topological polar surface area (TPSA) is 52.6 Å². The number of carbonyl (C=O) groups is 1. The molecule has 2 atom stereocenters. The van der Waals surface area contributed by atoms with E-state index >= 15 is 0 Å². The molecular weight excluding hydrogens is 264 g/mol. The van der Waals surface area contributed by atoms with Crippen molar-refractivity contribution < 1.29 is 9.90 Å². The zero-order valence-corrected chi connectivity index (χ0v) is 13.0. The molecule has 1 aromatic carbocycles. The van der Waals surface area contributed by atoms with Crippen LogP contribution in [0.5, 0.6) is 0 Å². The van der Waals surface area contributed by atoms with Crippen molar-refractivity contribution in [2.75, 3.05) is 19.6 Å². The predicted octanol–water partition coefficient (Wildman–Crippen LogP) is 2.45. The molecular formula is C17H26N2O2. The Morgan fingerprint density at radius 2 is 1.86 bits per heavy atom. The minimum absolute atomic E-state index is 0.442. The molecule has 2 N–H and O–H groups in total. The first-order chi connectivity index (χ1) is 10.1. The third-order valence-electron chi connectivity index (χ3n) is 4.38. The van der Waals surface area contributed by atoms with Crippen LogP contribution in [0.15, 0.2) is 24.3 Å². The average molecular weight is 290 g/mol. The molecule has 2 rings (SSSR count). The summed E-state index contributed by atoms with van der Waals surface area (Å²) in [7, 11) is 0. The van der Waals surface area contributed by atoms with Gasteiger partial charge in [-0.15, -0.1) is 0 Å². The number of rotatable bonds is 7. The van der Waals surface area contributed by atoms with E-state index in [-0.39, 0.29) is 0 Å². The molecule has 116 valence electrons. The van der Waals surface area contributed by atoms with Crippen LogP contribution in [0.3, 0.4) is 0 Å². The minimum Gasteiger partial charge on any atom is -0.481 e. The molecule has 0 aromatic heterocycles. The highest BCUT2D eigenvalue weighted by Gasteiger charge is 2.17. The first-order valence-electron chi connectivity index (χ1n) is 7.84. The van der Waals surface area contributed by atoms with Crippen LogP contribution in [-0.4, -0.2) is 41.7 Å². The Morgan fingerprint density at radius 3 is 2.43 bits per heavy atom. The summed E-state index contributed by atoms with van der Waals surface area (Å²) >= 11 is 0. The van der Waals surface area contributed by atoms with E-state index in [9.17, 15) is 4.79 Å². The van der Waals surface area contributed by atoms with E-state index in [4.69, 9.17) is 5.11 Å². The molecule has 0 spiro atoms. The summed E-state index contributed by atoms with van der Waals surface area (Å²) < 4.78 is 0. The third kappa shape index (κ3) is 4.55. The Balaban J connectivity index is 1.77. The number of nitrogens with one attached hydrogen (secondary N) is 1. The van der Waals surface area contributed by atoms with E-state index < -0.39 is 11.9 Å². The Morgan fingerprint density at radius 1 is 1.24 bits per heavy atom. The number of benzene rings is 1. The van der Waals surface area contributed by atoms with E-state index in [1.54, 1.807) is 6.92 Å². The number of nitrogens with zero attached hydrogens (tertiary/aromatic N) is 1. The molecule has 4 nitrogen and oxygen atoms in total. The van der Waals surface area contributed by atoms with Crippen LogP contribution in [0.1, 0.15) is 43.7 Å². The molecule has 0 bridgehead atoms. The van der Waals surface area contributed by atoms with Gasteiger partial charge in [0.2, 0.25) is 0 Å². The second-order valence-corrected chi connectivity index (χ2v) is 6.02. The van der Waals surface area contributed by atoms with Gasteiger partial charge in [-0.1, -0.05) is 24.3 Å². The van der Waals surface area contributed by atoms with Gasteiger partial charge in [-0.25, -0.2) is 0 Å². The summed E-state index contributed by atoms with van der Waals surface area (Å²) in [5.74, 6) is -1.22. The zero-order valence-electron chi connectivity index (χ0n) is 13.0. The lowest BCUT2D eigenvalue weighted by Gasteiger charge is -2.24. The molecule has 2 unspecified atom stereocenters. The highest BCUT2D eigenvalue weighted by Crippen LogP contribution is 2.16. The Bertz CT molecular complexity index is 452. The second kappa shape index (κ2) is 7.57. The van der Waals surface area contributed by atoms with Crippen LogP contribution in [0, 0.1) is 0 Å². The van der Waals surface area contributed by atoms with Gasteiger partial charge in [-0.05, 0) is 50.9 Å². The molecule has 1 fully saturated rings. The maximum Gasteiger partial charge on any atom is 0.310 e. The Kier molecular flexibility index (Phi) is 5.76. The molecule has 1 heterocycles. The fourth-order valence-electron chi connectivity index (χ4n) is 2.80. The van der Waals surface area contributed by atoms with Gasteiger partial charge in [0.05, 0.1) is 5.92 Å². The average Bonchev–Trinajstić information content (AvgIpc) is 3.01. The summed E-state index contributed by atoms with van der Waals surface area (Å²) in [6.07, 6.45) is 2.65. The number of aliphatic carboxylic acids is 1. The van der Waals surface area contributed by atoms with E-state index in [0.717, 1.165) is 18.7 Å². The maximum absolute atomic E-state index is 10.9. The van der Waals surface area contributed by atoms with Crippen LogP contribution in [-0.2, 0) is 11.3 Å². The van der Waals surface area contributed by atoms with Gasteiger partial charge in [0, 0.05) is 19.1 Å². The monoisotopic (exact) mass is 290 g/mol. The van der Waals surface area contributed by atoms with Gasteiger partial charge in [-0.3, -0.25) is 9.69 Å². The van der Waals surface area contributed by atoms with E-state index in [1.165, 1.54) is 31.5 Å². The van der Waals surface area contributed by atoms with Gasteiger partial charge in [0.25, 0.3) is 0 Å². The molecule has 0 radical (unpaired) electrons. The van der Waals surface area contributed by atoms with Gasteiger partial charge < -0.3 is 10.4 Å². The van der Waals surface area contributed by atoms with E-state index in [0.29, 0.717) is 6.04 Å². The summed E-state index contributed by atoms with van der Waals surface area (Å²) in [5.41, 5.74) is 2.06. The van der Waals surface area contributed by atoms with Gasteiger partial charge in [0.15, 0.2) is 0 Å². The normalized spacial score (nSPS) is 18.6. The highest BCUT2D eigenvalue weighted by molar-refractivity contribution is 5.75. The number of likely N-dealkylation sites (tertiary alicyclic amines) is 1. The number of carboxylic acid groups (broad SMARTS) is 1. The molecule has 0 aliphatic carbocycles. The van der Waals surface area contributed by atoms with Crippen LogP contribution in [0.4, 0.5) is 0 Å². The van der Waals surface area contributed by atoms with Crippen LogP contribution in [0.25, 0.3) is 0 Å². The fourth-order valence-corrected chi connectivity index (χ4v) is 2.80. The predicted molar refractivity (Wildman–Crippen MR) is 84.5 cm³/mol. The fraction of sp³-hybridized carbons (Fsp3) is 0.588. The Hall–Kier alpha value is -1.39. The van der Waals surface area contributed by atoms with Crippen molar-refractivity contribution in [2.24, 2.45) is 0 Å². The van der Waals surface area contributed by atoms with Gasteiger partial charge in [-0.2, -0.15) is 0 Å². The van der Waals surface area contributed by atoms with Crippen molar-refractivity contribution in [3.63, 3.8) is 0 Å². The van der Waals surface area contributed by atoms with Gasteiger partial charge in [0.1, 0.15) is 0 Å². The molecule has 21 heavy (non-hydrogen) atoms. The summed E-state index contributed by atoms with van der Waals surface area (Å²) in [6.45, 7) is 8.27. The molecule has 1 aliphatic heterocycles. The maximum atomic E-state index is 10.9. The first kappa shape index (κ1) is 16.0. The molecule has 1 aliphatic rings. The smallest absolute Gasteiger partial charge is 0.310 e. The first-order valence-corrected chi connectivity index (χ1v) is 7.84. The molecule has 0 amide bonds. The van der Waals surface area contributed by atoms with Crippen LogP contribution < -0.4 is 5.32 Å². The van der Waals surface area contributed by atoms with Crippen molar-refractivity contribution in [2.45, 2.75) is 45.2 Å². The lowest BCUT2D eigenvalue weighted by Crippen LogP contribution is -2.38. The van der Waals surface area contributed by atoms with E-state index in [1.807, 2.05) is 24.3 Å². The quantitative estimate of drug-likeness (QED) is 0.810. The third-order valence-corrected chi connectivity index (χ3v) is 4.38. The van der Waals surface area contributed by atoms with Crippen molar-refractivity contribution in [3.8, 4) is 0 Å². The van der Waals surface area contributed by atoms with Crippen molar-refractivity contribution in [1.82, 2.24) is 10.2 Å². The van der Waals surface area contributed by atoms with Crippen LogP contribution in [0.2, 0.25) is 0 Å². The molecule has 1 aromatic rings. The van der Waals surface area contributed by atoms with Crippen molar-refractivity contribution in [1.29, 1.82) is 0 Å². The van der Waals surface area contributed by atoms with E-state index in [2.05, 4.69) is 17.1 Å². The summed E-state index contributed by atoms with van der Waals surface area (Å²) in [4.78, 5) is 13.5. The molecule has 4 heteroatoms. The van der Waals surface area contributed by atoms with Crippen LogP contribution >= 0.6 is 0 Å². The summed E-state index contributed by atoms with van der Waals surface area (Å²) in [5, 5.41) is 12.5. The standard InChI is InChI=1S/C17H26N2O2/c1-13(19-9-3-4-10-19)11-18-12-15-5-7-16(8-6-15)14(2)17(20)21/h5-8,13-14,18H,3-4,9-12H2,1-2H3,(H,20,21). The molecule has 0 saturated carbocycles.